The smallest absolute Gasteiger partial charge is 0.187 e. The van der Waals surface area contributed by atoms with E-state index >= 15 is 0 Å². The molecule has 0 bridgehead atoms. The third-order valence-corrected chi connectivity index (χ3v) is 6.14. The molecule has 2 aromatic heterocycles. The molecule has 31 heavy (non-hydrogen) atoms. The minimum Gasteiger partial charge on any atom is -0.341 e. The van der Waals surface area contributed by atoms with E-state index in [1.165, 1.54) is 21.8 Å². The summed E-state index contributed by atoms with van der Waals surface area (Å²) in [4.78, 5) is 8.40. The van der Waals surface area contributed by atoms with Gasteiger partial charge in [0.2, 0.25) is 0 Å². The van der Waals surface area contributed by atoms with Crippen LogP contribution in [0.25, 0.3) is 49.0 Å². The molecular formula is C28H23N3. The highest BCUT2D eigenvalue weighted by atomic mass is 15.0. The maximum atomic E-state index is 7.32. The summed E-state index contributed by atoms with van der Waals surface area (Å²) >= 11 is 0. The van der Waals surface area contributed by atoms with Gasteiger partial charge in [-0.05, 0) is 67.8 Å². The van der Waals surface area contributed by atoms with Gasteiger partial charge in [0.15, 0.2) is 5.69 Å². The largest absolute Gasteiger partial charge is 0.341 e. The van der Waals surface area contributed by atoms with Gasteiger partial charge in [0.1, 0.15) is 0 Å². The predicted molar refractivity (Wildman–Crippen MR) is 130 cm³/mol. The van der Waals surface area contributed by atoms with E-state index in [4.69, 9.17) is 11.6 Å². The molecule has 3 aromatic carbocycles. The highest BCUT2D eigenvalue weighted by Gasteiger charge is 2.13. The lowest BCUT2D eigenvalue weighted by Gasteiger charge is -2.12. The molecule has 5 rings (SSSR count). The minimum atomic E-state index is 0.654. The molecule has 0 atom stereocenters. The summed E-state index contributed by atoms with van der Waals surface area (Å²) in [5.41, 5.74) is 9.73. The zero-order valence-corrected chi connectivity index (χ0v) is 18.0. The van der Waals surface area contributed by atoms with Gasteiger partial charge in [-0.25, -0.2) is 4.85 Å². The van der Waals surface area contributed by atoms with Gasteiger partial charge in [0.25, 0.3) is 0 Å². The maximum Gasteiger partial charge on any atom is 0.187 e. The number of hydrogen-bond donors (Lipinski definition) is 0. The average molecular weight is 402 g/mol. The normalized spacial score (nSPS) is 11.2. The monoisotopic (exact) mass is 401 g/mol. The van der Waals surface area contributed by atoms with Crippen molar-refractivity contribution in [2.45, 2.75) is 27.3 Å². The Bertz CT molecular complexity index is 1500. The van der Waals surface area contributed by atoms with Gasteiger partial charge in [0.05, 0.1) is 12.3 Å². The molecule has 0 spiro atoms. The minimum absolute atomic E-state index is 0.654. The molecule has 0 saturated carbocycles. The fraction of sp³-hybridized carbons (Fsp3) is 0.143. The van der Waals surface area contributed by atoms with Crippen LogP contribution in [0.1, 0.15) is 18.1 Å². The Balaban J connectivity index is 1.64. The van der Waals surface area contributed by atoms with Crippen molar-refractivity contribution in [2.24, 2.45) is 0 Å². The number of nitrogens with zero attached hydrogens (tertiary/aromatic N) is 3. The molecule has 3 nitrogen and oxygen atoms in total. The fourth-order valence-electron chi connectivity index (χ4n) is 4.52. The third-order valence-electron chi connectivity index (χ3n) is 6.14. The van der Waals surface area contributed by atoms with E-state index in [-0.39, 0.29) is 0 Å². The van der Waals surface area contributed by atoms with E-state index in [9.17, 15) is 0 Å². The number of hydrogen-bond acceptors (Lipinski definition) is 1. The van der Waals surface area contributed by atoms with Crippen molar-refractivity contribution in [3.63, 3.8) is 0 Å². The van der Waals surface area contributed by atoms with Gasteiger partial charge >= 0.3 is 0 Å². The predicted octanol–water partition coefficient (Wildman–Crippen LogP) is 7.71. The van der Waals surface area contributed by atoms with Crippen LogP contribution in [0.4, 0.5) is 5.69 Å². The van der Waals surface area contributed by atoms with Gasteiger partial charge < -0.3 is 4.57 Å². The lowest BCUT2D eigenvalue weighted by Crippen LogP contribution is -1.93. The third kappa shape index (κ3) is 3.08. The van der Waals surface area contributed by atoms with Crippen LogP contribution in [0.15, 0.2) is 72.9 Å². The average Bonchev–Trinajstić information content (AvgIpc) is 3.12. The second kappa shape index (κ2) is 7.41. The van der Waals surface area contributed by atoms with E-state index in [1.54, 1.807) is 0 Å². The van der Waals surface area contributed by atoms with Crippen molar-refractivity contribution in [1.29, 1.82) is 0 Å². The first kappa shape index (κ1) is 19.1. The first-order valence-corrected chi connectivity index (χ1v) is 10.6. The van der Waals surface area contributed by atoms with Crippen LogP contribution in [0, 0.1) is 20.4 Å². The molecule has 0 aliphatic carbocycles. The number of rotatable bonds is 3. The lowest BCUT2D eigenvalue weighted by atomic mass is 9.96. The number of aryl methyl sites for hydroxylation is 3. The zero-order chi connectivity index (χ0) is 21.5. The van der Waals surface area contributed by atoms with E-state index in [0.717, 1.165) is 40.1 Å². The zero-order valence-electron chi connectivity index (χ0n) is 18.0. The van der Waals surface area contributed by atoms with Crippen LogP contribution in [0.5, 0.6) is 0 Å². The van der Waals surface area contributed by atoms with Gasteiger partial charge in [0, 0.05) is 45.7 Å². The Labute approximate surface area is 182 Å². The maximum absolute atomic E-state index is 7.32. The Morgan fingerprint density at radius 2 is 1.65 bits per heavy atom. The number of pyridine rings is 1. The molecule has 0 aliphatic rings. The van der Waals surface area contributed by atoms with Crippen molar-refractivity contribution >= 4 is 27.5 Å². The first-order valence-electron chi connectivity index (χ1n) is 10.6. The molecular weight excluding hydrogens is 378 g/mol. The van der Waals surface area contributed by atoms with E-state index < -0.39 is 0 Å². The summed E-state index contributed by atoms with van der Waals surface area (Å²) in [5, 5.41) is 2.54. The second-order valence-electron chi connectivity index (χ2n) is 7.99. The number of fused-ring (bicyclic) bond motifs is 3. The molecule has 0 unspecified atom stereocenters. The molecule has 0 amide bonds. The van der Waals surface area contributed by atoms with E-state index in [0.29, 0.717) is 5.69 Å². The Morgan fingerprint density at radius 3 is 2.42 bits per heavy atom. The standard InChI is InChI=1S/C28H23N3/c1-5-31-27-9-7-6-8-22(27)24-15-20(11-13-28(24)31)26-14-19(3)25(17-30-26)23-16-21(29-4)12-10-18(23)2/h6-17H,5H2,1-3H3. The SMILES string of the molecule is [C-]#[N+]c1ccc(C)c(-c2cnc(-c3ccc4c(c3)c3ccccc3n4CC)cc2C)c1. The Morgan fingerprint density at radius 1 is 0.839 bits per heavy atom. The molecule has 150 valence electrons. The highest BCUT2D eigenvalue weighted by Crippen LogP contribution is 2.34. The number of aromatic nitrogens is 2. The van der Waals surface area contributed by atoms with Gasteiger partial charge in [-0.3, -0.25) is 4.98 Å². The van der Waals surface area contributed by atoms with Crippen LogP contribution >= 0.6 is 0 Å². The summed E-state index contributed by atoms with van der Waals surface area (Å²) < 4.78 is 2.36. The summed E-state index contributed by atoms with van der Waals surface area (Å²) in [6, 6.07) is 23.2. The van der Waals surface area contributed by atoms with Gasteiger partial charge in [-0.1, -0.05) is 36.4 Å². The van der Waals surface area contributed by atoms with Crippen molar-refractivity contribution in [1.82, 2.24) is 9.55 Å². The molecule has 0 saturated heterocycles. The summed E-state index contributed by atoms with van der Waals surface area (Å²) in [7, 11) is 0. The van der Waals surface area contributed by atoms with E-state index in [2.05, 4.69) is 78.7 Å². The summed E-state index contributed by atoms with van der Waals surface area (Å²) in [6.07, 6.45) is 1.94. The second-order valence-corrected chi connectivity index (χ2v) is 7.99. The lowest BCUT2D eigenvalue weighted by molar-refractivity contribution is 0.827. The first-order chi connectivity index (χ1) is 15.1. The van der Waals surface area contributed by atoms with Crippen LogP contribution in [0.2, 0.25) is 0 Å². The molecule has 0 radical (unpaired) electrons. The van der Waals surface area contributed by atoms with Crippen LogP contribution in [-0.2, 0) is 6.54 Å². The van der Waals surface area contributed by atoms with E-state index in [1.807, 2.05) is 24.4 Å². The Hall–Kier alpha value is -3.90. The molecule has 5 aromatic rings. The topological polar surface area (TPSA) is 22.2 Å². The number of benzene rings is 3. The molecule has 3 heteroatoms. The highest BCUT2D eigenvalue weighted by molar-refractivity contribution is 6.09. The Kier molecular flexibility index (Phi) is 4.56. The van der Waals surface area contributed by atoms with Crippen molar-refractivity contribution < 1.29 is 0 Å². The quantitative estimate of drug-likeness (QED) is 0.284. The van der Waals surface area contributed by atoms with Gasteiger partial charge in [-0.2, -0.15) is 0 Å². The molecule has 0 N–H and O–H groups in total. The van der Waals surface area contributed by atoms with Crippen molar-refractivity contribution in [3.8, 4) is 22.4 Å². The number of para-hydroxylation sites is 1. The van der Waals surface area contributed by atoms with Crippen LogP contribution in [0.3, 0.4) is 0 Å². The summed E-state index contributed by atoms with van der Waals surface area (Å²) in [5.74, 6) is 0. The van der Waals surface area contributed by atoms with Crippen LogP contribution in [-0.4, -0.2) is 9.55 Å². The summed E-state index contributed by atoms with van der Waals surface area (Å²) in [6.45, 7) is 14.6. The fourth-order valence-corrected chi connectivity index (χ4v) is 4.52. The molecule has 0 fully saturated rings. The molecule has 2 heterocycles. The van der Waals surface area contributed by atoms with Crippen LogP contribution < -0.4 is 0 Å². The van der Waals surface area contributed by atoms with Crippen molar-refractivity contribution in [2.75, 3.05) is 0 Å². The molecule has 0 aliphatic heterocycles. The van der Waals surface area contributed by atoms with Crippen molar-refractivity contribution in [3.05, 3.63) is 95.5 Å². The van der Waals surface area contributed by atoms with Gasteiger partial charge in [-0.15, -0.1) is 0 Å².